The number of rotatable bonds is 8. The van der Waals surface area contributed by atoms with Gasteiger partial charge >= 0.3 is 0 Å². The minimum atomic E-state index is -0.538. The highest BCUT2D eigenvalue weighted by Gasteiger charge is 2.30. The molecule has 4 aromatic rings. The van der Waals surface area contributed by atoms with Crippen molar-refractivity contribution < 1.29 is 9.47 Å². The Hall–Kier alpha value is -4.78. The zero-order valence-corrected chi connectivity index (χ0v) is 19.7. The van der Waals surface area contributed by atoms with Crippen LogP contribution < -0.4 is 25.8 Å². The summed E-state index contributed by atoms with van der Waals surface area (Å²) in [7, 11) is 0. The summed E-state index contributed by atoms with van der Waals surface area (Å²) in [6, 6.07) is 35.5. The SMILES string of the molecule is NC1=NC(c2cccc(OCc3ccccc3)c2)N(c2ccccc2OCc2ccccc2)C(N)=N1. The van der Waals surface area contributed by atoms with Gasteiger partial charge in [-0.1, -0.05) is 84.9 Å². The zero-order chi connectivity index (χ0) is 24.7. The van der Waals surface area contributed by atoms with Gasteiger partial charge in [-0.25, -0.2) is 4.99 Å². The van der Waals surface area contributed by atoms with E-state index in [1.165, 1.54) is 0 Å². The number of ether oxygens (including phenoxy) is 2. The molecule has 1 heterocycles. The Morgan fingerprint density at radius 3 is 2.06 bits per heavy atom. The molecule has 0 bridgehead atoms. The summed E-state index contributed by atoms with van der Waals surface area (Å²) in [5, 5.41) is 0. The van der Waals surface area contributed by atoms with Gasteiger partial charge in [-0.15, -0.1) is 0 Å². The lowest BCUT2D eigenvalue weighted by atomic mass is 10.1. The molecule has 1 aliphatic heterocycles. The van der Waals surface area contributed by atoms with Gasteiger partial charge < -0.3 is 20.9 Å². The lowest BCUT2D eigenvalue weighted by Gasteiger charge is -2.33. The first-order valence-corrected chi connectivity index (χ1v) is 11.7. The van der Waals surface area contributed by atoms with E-state index in [1.807, 2.05) is 114 Å². The van der Waals surface area contributed by atoms with Crippen LogP contribution in [0.5, 0.6) is 11.5 Å². The molecule has 1 atom stereocenters. The van der Waals surface area contributed by atoms with Crippen molar-refractivity contribution in [1.82, 2.24) is 0 Å². The second kappa shape index (κ2) is 10.7. The van der Waals surface area contributed by atoms with E-state index in [4.69, 9.17) is 20.9 Å². The van der Waals surface area contributed by atoms with Gasteiger partial charge in [-0.05, 0) is 35.4 Å². The van der Waals surface area contributed by atoms with Crippen molar-refractivity contribution >= 4 is 17.6 Å². The Morgan fingerprint density at radius 1 is 0.694 bits per heavy atom. The molecule has 0 saturated heterocycles. The third-order valence-corrected chi connectivity index (χ3v) is 5.74. The lowest BCUT2D eigenvalue weighted by molar-refractivity contribution is 0.305. The number of nitrogens with two attached hydrogens (primary N) is 2. The van der Waals surface area contributed by atoms with Crippen molar-refractivity contribution in [1.29, 1.82) is 0 Å². The van der Waals surface area contributed by atoms with Crippen molar-refractivity contribution in [2.45, 2.75) is 19.4 Å². The maximum absolute atomic E-state index is 6.41. The van der Waals surface area contributed by atoms with E-state index in [2.05, 4.69) is 9.98 Å². The van der Waals surface area contributed by atoms with Crippen LogP contribution in [0, 0.1) is 0 Å². The van der Waals surface area contributed by atoms with Gasteiger partial charge in [-0.2, -0.15) is 4.99 Å². The average molecular weight is 478 g/mol. The molecule has 7 nitrogen and oxygen atoms in total. The number of nitrogens with zero attached hydrogens (tertiary/aromatic N) is 3. The summed E-state index contributed by atoms with van der Waals surface area (Å²) < 4.78 is 12.2. The fourth-order valence-electron chi connectivity index (χ4n) is 4.01. The topological polar surface area (TPSA) is 98.5 Å². The van der Waals surface area contributed by atoms with Crippen LogP contribution in [0.1, 0.15) is 22.9 Å². The standard InChI is InChI=1S/C29H27N5O2/c30-28-32-27(23-14-9-15-24(18-23)35-19-21-10-3-1-4-11-21)34(29(31)33-28)25-16-7-8-17-26(25)36-20-22-12-5-2-6-13-22/h1-18,27H,19-20H2,(H4,30,31,32,33). The van der Waals surface area contributed by atoms with E-state index in [0.29, 0.717) is 19.0 Å². The fourth-order valence-corrected chi connectivity index (χ4v) is 4.01. The molecule has 0 fully saturated rings. The first-order chi connectivity index (χ1) is 17.7. The molecule has 7 heteroatoms. The minimum absolute atomic E-state index is 0.118. The van der Waals surface area contributed by atoms with E-state index in [1.54, 1.807) is 0 Å². The molecule has 0 aromatic heterocycles. The summed E-state index contributed by atoms with van der Waals surface area (Å²) in [5.74, 6) is 1.74. The molecule has 1 unspecified atom stereocenters. The molecular formula is C29H27N5O2. The first-order valence-electron chi connectivity index (χ1n) is 11.7. The highest BCUT2D eigenvalue weighted by atomic mass is 16.5. The Bertz CT molecular complexity index is 1370. The number of guanidine groups is 2. The maximum Gasteiger partial charge on any atom is 0.221 e. The van der Waals surface area contributed by atoms with E-state index in [9.17, 15) is 0 Å². The third kappa shape index (κ3) is 5.31. The smallest absolute Gasteiger partial charge is 0.221 e. The first kappa shape index (κ1) is 23.0. The van der Waals surface area contributed by atoms with Gasteiger partial charge in [0.15, 0.2) is 6.17 Å². The van der Waals surface area contributed by atoms with Crippen LogP contribution in [0.2, 0.25) is 0 Å². The summed E-state index contributed by atoms with van der Waals surface area (Å²) in [5.41, 5.74) is 16.2. The molecule has 0 aliphatic carbocycles. The Morgan fingerprint density at radius 2 is 1.33 bits per heavy atom. The molecule has 0 spiro atoms. The molecule has 0 radical (unpaired) electrons. The Kier molecular flexibility index (Phi) is 6.80. The third-order valence-electron chi connectivity index (χ3n) is 5.74. The Labute approximate surface area is 210 Å². The molecule has 4 aromatic carbocycles. The van der Waals surface area contributed by atoms with Crippen LogP contribution in [-0.4, -0.2) is 11.9 Å². The summed E-state index contributed by atoms with van der Waals surface area (Å²) in [6.45, 7) is 0.880. The predicted molar refractivity (Wildman–Crippen MR) is 143 cm³/mol. The molecule has 0 amide bonds. The van der Waals surface area contributed by atoms with Gasteiger partial charge in [-0.3, -0.25) is 4.90 Å². The van der Waals surface area contributed by atoms with Crippen LogP contribution in [0.25, 0.3) is 0 Å². The van der Waals surface area contributed by atoms with Gasteiger partial charge in [0, 0.05) is 5.56 Å². The number of para-hydroxylation sites is 2. The normalized spacial score (nSPS) is 15.1. The van der Waals surface area contributed by atoms with E-state index >= 15 is 0 Å². The number of benzene rings is 4. The van der Waals surface area contributed by atoms with E-state index in [-0.39, 0.29) is 11.9 Å². The van der Waals surface area contributed by atoms with Crippen LogP contribution in [0.3, 0.4) is 0 Å². The van der Waals surface area contributed by atoms with Gasteiger partial charge in [0.1, 0.15) is 24.7 Å². The van der Waals surface area contributed by atoms with Crippen LogP contribution >= 0.6 is 0 Å². The molecular weight excluding hydrogens is 450 g/mol. The fraction of sp³-hybridized carbons (Fsp3) is 0.103. The predicted octanol–water partition coefficient (Wildman–Crippen LogP) is 4.99. The number of anilines is 1. The zero-order valence-electron chi connectivity index (χ0n) is 19.7. The summed E-state index contributed by atoms with van der Waals surface area (Å²) >= 11 is 0. The largest absolute Gasteiger partial charge is 0.489 e. The quantitative estimate of drug-likeness (QED) is 0.372. The van der Waals surface area contributed by atoms with Gasteiger partial charge in [0.05, 0.1) is 5.69 Å². The van der Waals surface area contributed by atoms with Crippen LogP contribution in [0.15, 0.2) is 119 Å². The molecule has 5 rings (SSSR count). The van der Waals surface area contributed by atoms with Crippen molar-refractivity contribution in [3.63, 3.8) is 0 Å². The second-order valence-corrected chi connectivity index (χ2v) is 8.29. The molecule has 36 heavy (non-hydrogen) atoms. The maximum atomic E-state index is 6.41. The number of aliphatic imine (C=N–C) groups is 2. The molecule has 1 aliphatic rings. The average Bonchev–Trinajstić information content (AvgIpc) is 2.92. The highest BCUT2D eigenvalue weighted by molar-refractivity contribution is 6.05. The minimum Gasteiger partial charge on any atom is -0.489 e. The second-order valence-electron chi connectivity index (χ2n) is 8.29. The highest BCUT2D eigenvalue weighted by Crippen LogP contribution is 2.37. The summed E-state index contributed by atoms with van der Waals surface area (Å²) in [4.78, 5) is 10.7. The van der Waals surface area contributed by atoms with Crippen molar-refractivity contribution in [2.75, 3.05) is 4.90 Å². The Balaban J connectivity index is 1.43. The molecule has 180 valence electrons. The monoisotopic (exact) mass is 477 g/mol. The lowest BCUT2D eigenvalue weighted by Crippen LogP contribution is -2.44. The number of hydrogen-bond acceptors (Lipinski definition) is 7. The molecule has 0 saturated carbocycles. The molecule has 4 N–H and O–H groups in total. The summed E-state index contributed by atoms with van der Waals surface area (Å²) in [6.07, 6.45) is -0.538. The van der Waals surface area contributed by atoms with Gasteiger partial charge in [0.25, 0.3) is 0 Å². The van der Waals surface area contributed by atoms with Crippen molar-refractivity contribution in [3.05, 3.63) is 126 Å². The van der Waals surface area contributed by atoms with Crippen LogP contribution in [0.4, 0.5) is 5.69 Å². The van der Waals surface area contributed by atoms with Crippen molar-refractivity contribution in [2.24, 2.45) is 21.5 Å². The number of hydrogen-bond donors (Lipinski definition) is 2. The van der Waals surface area contributed by atoms with Crippen molar-refractivity contribution in [3.8, 4) is 11.5 Å². The van der Waals surface area contributed by atoms with E-state index < -0.39 is 6.17 Å². The van der Waals surface area contributed by atoms with Crippen LogP contribution in [-0.2, 0) is 13.2 Å². The van der Waals surface area contributed by atoms with Gasteiger partial charge in [0.2, 0.25) is 11.9 Å². The van der Waals surface area contributed by atoms with E-state index in [0.717, 1.165) is 28.1 Å².